The molecule has 1 aliphatic rings. The molecule has 1 fully saturated rings. The summed E-state index contributed by atoms with van der Waals surface area (Å²) in [6.45, 7) is 1.57. The van der Waals surface area contributed by atoms with E-state index in [0.717, 1.165) is 12.8 Å². The third-order valence-corrected chi connectivity index (χ3v) is 3.93. The van der Waals surface area contributed by atoms with Crippen molar-refractivity contribution in [1.29, 1.82) is 0 Å². The fourth-order valence-electron chi connectivity index (χ4n) is 2.70. The maximum Gasteiger partial charge on any atom is 0.228 e. The standard InChI is InChI=1S/C15H18FNO3/c1-9-12(16)7-4-8-13(9)17-14(18)10-5-2-3-6-11(10)15(19)20/h4,7-8,10-11H,2-3,5-6H2,1H3,(H,17,18)(H,19,20)/p-1/t10-,11+/m0/s1. The molecule has 1 amide bonds. The van der Waals surface area contributed by atoms with Crippen molar-refractivity contribution < 1.29 is 19.1 Å². The van der Waals surface area contributed by atoms with Gasteiger partial charge in [0.15, 0.2) is 0 Å². The molecule has 0 unspecified atom stereocenters. The number of amides is 1. The van der Waals surface area contributed by atoms with Gasteiger partial charge in [-0.05, 0) is 31.9 Å². The fraction of sp³-hybridized carbons (Fsp3) is 0.467. The van der Waals surface area contributed by atoms with Crippen molar-refractivity contribution in [2.24, 2.45) is 11.8 Å². The van der Waals surface area contributed by atoms with Crippen LogP contribution in [0.2, 0.25) is 0 Å². The lowest BCUT2D eigenvalue weighted by atomic mass is 9.78. The van der Waals surface area contributed by atoms with Gasteiger partial charge >= 0.3 is 0 Å². The predicted octanol–water partition coefficient (Wildman–Crippen LogP) is 1.63. The maximum absolute atomic E-state index is 13.4. The molecule has 20 heavy (non-hydrogen) atoms. The van der Waals surface area contributed by atoms with Gasteiger partial charge in [0.2, 0.25) is 5.91 Å². The molecule has 0 bridgehead atoms. The molecule has 1 saturated carbocycles. The highest BCUT2D eigenvalue weighted by molar-refractivity contribution is 5.95. The van der Waals surface area contributed by atoms with Crippen LogP contribution in [0.15, 0.2) is 18.2 Å². The minimum Gasteiger partial charge on any atom is -0.550 e. The van der Waals surface area contributed by atoms with Crippen molar-refractivity contribution in [3.8, 4) is 0 Å². The van der Waals surface area contributed by atoms with Crippen LogP contribution in [0.1, 0.15) is 31.2 Å². The second-order valence-electron chi connectivity index (χ2n) is 5.22. The van der Waals surface area contributed by atoms with E-state index in [1.165, 1.54) is 12.1 Å². The minimum atomic E-state index is -1.18. The van der Waals surface area contributed by atoms with E-state index in [1.54, 1.807) is 13.0 Å². The molecule has 0 aliphatic heterocycles. The summed E-state index contributed by atoms with van der Waals surface area (Å²) < 4.78 is 13.4. The van der Waals surface area contributed by atoms with Gasteiger partial charge in [0.1, 0.15) is 5.82 Å². The van der Waals surface area contributed by atoms with Crippen LogP contribution >= 0.6 is 0 Å². The van der Waals surface area contributed by atoms with Gasteiger partial charge in [-0.3, -0.25) is 4.79 Å². The first-order chi connectivity index (χ1) is 9.50. The first kappa shape index (κ1) is 14.5. The number of carbonyl (C=O) groups is 2. The lowest BCUT2D eigenvalue weighted by molar-refractivity contribution is -0.313. The largest absolute Gasteiger partial charge is 0.550 e. The zero-order valence-electron chi connectivity index (χ0n) is 11.3. The Bertz CT molecular complexity index is 530. The second-order valence-corrected chi connectivity index (χ2v) is 5.22. The molecule has 1 N–H and O–H groups in total. The van der Waals surface area contributed by atoms with Gasteiger partial charge in [0.25, 0.3) is 0 Å². The van der Waals surface area contributed by atoms with Crippen molar-refractivity contribution >= 4 is 17.6 Å². The van der Waals surface area contributed by atoms with Crippen LogP contribution in [0, 0.1) is 24.6 Å². The molecule has 2 rings (SSSR count). The molecular weight excluding hydrogens is 261 g/mol. The molecule has 0 saturated heterocycles. The molecule has 1 aromatic carbocycles. The topological polar surface area (TPSA) is 69.2 Å². The fourth-order valence-corrected chi connectivity index (χ4v) is 2.70. The van der Waals surface area contributed by atoms with Crippen LogP contribution in [-0.2, 0) is 9.59 Å². The number of anilines is 1. The van der Waals surface area contributed by atoms with Crippen LogP contribution in [0.25, 0.3) is 0 Å². The number of nitrogens with one attached hydrogen (secondary N) is 1. The summed E-state index contributed by atoms with van der Waals surface area (Å²) in [5.41, 5.74) is 0.735. The number of halogens is 1. The molecule has 0 radical (unpaired) electrons. The molecule has 0 aromatic heterocycles. The molecular formula is C15H17FNO3-. The first-order valence-electron chi connectivity index (χ1n) is 6.77. The lowest BCUT2D eigenvalue weighted by Gasteiger charge is -2.31. The summed E-state index contributed by atoms with van der Waals surface area (Å²) >= 11 is 0. The summed E-state index contributed by atoms with van der Waals surface area (Å²) in [4.78, 5) is 23.3. The van der Waals surface area contributed by atoms with Gasteiger partial charge in [-0.25, -0.2) is 4.39 Å². The number of rotatable bonds is 3. The first-order valence-corrected chi connectivity index (χ1v) is 6.77. The van der Waals surface area contributed by atoms with E-state index in [2.05, 4.69) is 5.32 Å². The molecule has 0 spiro atoms. The third-order valence-electron chi connectivity index (χ3n) is 3.93. The van der Waals surface area contributed by atoms with E-state index in [4.69, 9.17) is 0 Å². The van der Waals surface area contributed by atoms with Crippen LogP contribution in [0.3, 0.4) is 0 Å². The van der Waals surface area contributed by atoms with Gasteiger partial charge in [0, 0.05) is 29.1 Å². The van der Waals surface area contributed by atoms with Gasteiger partial charge in [0.05, 0.1) is 0 Å². The van der Waals surface area contributed by atoms with Crippen LogP contribution < -0.4 is 10.4 Å². The van der Waals surface area contributed by atoms with Crippen molar-refractivity contribution in [3.63, 3.8) is 0 Å². The average Bonchev–Trinajstić information content (AvgIpc) is 2.43. The summed E-state index contributed by atoms with van der Waals surface area (Å²) in [7, 11) is 0. The highest BCUT2D eigenvalue weighted by Gasteiger charge is 2.32. The van der Waals surface area contributed by atoms with Gasteiger partial charge < -0.3 is 15.2 Å². The number of hydrogen-bond acceptors (Lipinski definition) is 3. The molecule has 5 heteroatoms. The number of benzene rings is 1. The number of carbonyl (C=O) groups excluding carboxylic acids is 2. The van der Waals surface area contributed by atoms with E-state index in [0.29, 0.717) is 24.1 Å². The number of hydrogen-bond donors (Lipinski definition) is 1. The van der Waals surface area contributed by atoms with E-state index in [-0.39, 0.29) is 5.91 Å². The van der Waals surface area contributed by atoms with E-state index in [9.17, 15) is 19.1 Å². The van der Waals surface area contributed by atoms with Crippen molar-refractivity contribution in [1.82, 2.24) is 0 Å². The zero-order valence-corrected chi connectivity index (χ0v) is 11.3. The normalized spacial score (nSPS) is 22.3. The highest BCUT2D eigenvalue weighted by atomic mass is 19.1. The average molecular weight is 278 g/mol. The third kappa shape index (κ3) is 2.98. The smallest absolute Gasteiger partial charge is 0.228 e. The number of aliphatic carboxylic acids is 1. The maximum atomic E-state index is 13.4. The minimum absolute atomic E-state index is 0.349. The monoisotopic (exact) mass is 278 g/mol. The second kappa shape index (κ2) is 6.03. The van der Waals surface area contributed by atoms with Gasteiger partial charge in [-0.15, -0.1) is 0 Å². The quantitative estimate of drug-likeness (QED) is 0.913. The Morgan fingerprint density at radius 2 is 1.90 bits per heavy atom. The molecule has 1 aliphatic carbocycles. The Balaban J connectivity index is 2.14. The Hall–Kier alpha value is -1.91. The molecule has 2 atom stereocenters. The Labute approximate surface area is 117 Å². The summed E-state index contributed by atoms with van der Waals surface area (Å²) in [5, 5.41) is 13.7. The van der Waals surface area contributed by atoms with Crippen molar-refractivity contribution in [2.45, 2.75) is 32.6 Å². The molecule has 0 heterocycles. The molecule has 1 aromatic rings. The zero-order chi connectivity index (χ0) is 14.7. The van der Waals surface area contributed by atoms with E-state index >= 15 is 0 Å². The van der Waals surface area contributed by atoms with Crippen LogP contribution in [0.4, 0.5) is 10.1 Å². The summed E-state index contributed by atoms with van der Waals surface area (Å²) in [6, 6.07) is 4.43. The number of carboxylic acids is 1. The van der Waals surface area contributed by atoms with Crippen molar-refractivity contribution in [3.05, 3.63) is 29.6 Å². The molecule has 108 valence electrons. The predicted molar refractivity (Wildman–Crippen MR) is 70.2 cm³/mol. The van der Waals surface area contributed by atoms with Gasteiger partial charge in [-0.2, -0.15) is 0 Å². The van der Waals surface area contributed by atoms with Crippen LogP contribution in [-0.4, -0.2) is 11.9 Å². The summed E-state index contributed by atoms with van der Waals surface area (Å²) in [5.74, 6) is -3.30. The van der Waals surface area contributed by atoms with Crippen molar-refractivity contribution in [2.75, 3.05) is 5.32 Å². The van der Waals surface area contributed by atoms with E-state index in [1.807, 2.05) is 0 Å². The summed E-state index contributed by atoms with van der Waals surface area (Å²) in [6.07, 6.45) is 2.60. The van der Waals surface area contributed by atoms with Crippen LogP contribution in [0.5, 0.6) is 0 Å². The SMILES string of the molecule is Cc1c(F)cccc1NC(=O)[C@H]1CCCC[C@H]1C(=O)[O-]. The van der Waals surface area contributed by atoms with E-state index < -0.39 is 23.6 Å². The highest BCUT2D eigenvalue weighted by Crippen LogP contribution is 2.31. The van der Waals surface area contributed by atoms with Gasteiger partial charge in [-0.1, -0.05) is 18.9 Å². The Morgan fingerprint density at radius 3 is 2.55 bits per heavy atom. The Morgan fingerprint density at radius 1 is 1.25 bits per heavy atom. The Kier molecular flexibility index (Phi) is 4.37. The molecule has 4 nitrogen and oxygen atoms in total. The number of carboxylic acid groups (broad SMARTS) is 1. The lowest BCUT2D eigenvalue weighted by Crippen LogP contribution is -2.42.